The fourth-order valence-corrected chi connectivity index (χ4v) is 4.83. The van der Waals surface area contributed by atoms with Gasteiger partial charge >= 0.3 is 0 Å². The van der Waals surface area contributed by atoms with Gasteiger partial charge in [-0.3, -0.25) is 0 Å². The Morgan fingerprint density at radius 3 is 1.55 bits per heavy atom. The first-order valence-corrected chi connectivity index (χ1v) is 8.72. The molecule has 0 N–H and O–H groups in total. The van der Waals surface area contributed by atoms with Crippen molar-refractivity contribution in [3.05, 3.63) is 55.7 Å². The van der Waals surface area contributed by atoms with Crippen molar-refractivity contribution in [1.29, 1.82) is 0 Å². The van der Waals surface area contributed by atoms with Crippen molar-refractivity contribution in [3.63, 3.8) is 0 Å². The summed E-state index contributed by atoms with van der Waals surface area (Å²) in [6.07, 6.45) is 0. The van der Waals surface area contributed by atoms with E-state index in [9.17, 15) is 0 Å². The molecule has 0 radical (unpaired) electrons. The topological polar surface area (TPSA) is 0 Å². The number of hydrogen-bond acceptors (Lipinski definition) is 0. The molecule has 0 saturated carbocycles. The van der Waals surface area contributed by atoms with Gasteiger partial charge < -0.3 is 0 Å². The minimum absolute atomic E-state index is 0.603. The van der Waals surface area contributed by atoms with E-state index in [4.69, 9.17) is 0 Å². The average molecular weight is 294 g/mol. The van der Waals surface area contributed by atoms with Crippen LogP contribution in [0.2, 0.25) is 0 Å². The summed E-state index contributed by atoms with van der Waals surface area (Å²) >= 11 is 0. The zero-order chi connectivity index (χ0) is 16.5. The van der Waals surface area contributed by atoms with E-state index in [1.807, 2.05) is 0 Å². The van der Waals surface area contributed by atoms with Gasteiger partial charge in [-0.25, -0.2) is 0 Å². The van der Waals surface area contributed by atoms with E-state index in [1.54, 1.807) is 33.4 Å². The highest BCUT2D eigenvalue weighted by Crippen LogP contribution is 2.56. The molecule has 0 saturated heterocycles. The minimum Gasteiger partial charge on any atom is -0.0629 e. The molecule has 0 aromatic carbocycles. The lowest BCUT2D eigenvalue weighted by Gasteiger charge is -2.20. The first kappa shape index (κ1) is 15.6. The van der Waals surface area contributed by atoms with E-state index < -0.39 is 0 Å². The van der Waals surface area contributed by atoms with Gasteiger partial charge in [-0.1, -0.05) is 31.9 Å². The second-order valence-electron chi connectivity index (χ2n) is 7.74. The lowest BCUT2D eigenvalue weighted by molar-refractivity contribution is 0.542. The maximum atomic E-state index is 2.43. The third kappa shape index (κ3) is 1.70. The summed E-state index contributed by atoms with van der Waals surface area (Å²) < 4.78 is 0. The Morgan fingerprint density at radius 2 is 1.05 bits per heavy atom. The summed E-state index contributed by atoms with van der Waals surface area (Å²) in [4.78, 5) is 0. The molecule has 0 aromatic heterocycles. The van der Waals surface area contributed by atoms with Gasteiger partial charge in [-0.15, -0.1) is 0 Å². The van der Waals surface area contributed by atoms with Crippen molar-refractivity contribution in [2.75, 3.05) is 0 Å². The lowest BCUT2D eigenvalue weighted by Crippen LogP contribution is -2.08. The molecule has 0 aliphatic heterocycles. The van der Waals surface area contributed by atoms with Gasteiger partial charge in [0.2, 0.25) is 0 Å². The van der Waals surface area contributed by atoms with Crippen LogP contribution in [0.5, 0.6) is 0 Å². The molecule has 0 nitrogen and oxygen atoms in total. The van der Waals surface area contributed by atoms with E-state index in [0.29, 0.717) is 17.8 Å². The molecule has 0 amide bonds. The van der Waals surface area contributed by atoms with Crippen molar-refractivity contribution in [1.82, 2.24) is 0 Å². The predicted octanol–water partition coefficient (Wildman–Crippen LogP) is 6.54. The highest BCUT2D eigenvalue weighted by Gasteiger charge is 2.41. The monoisotopic (exact) mass is 294 g/mol. The highest BCUT2D eigenvalue weighted by atomic mass is 14.5. The highest BCUT2D eigenvalue weighted by molar-refractivity contribution is 5.74. The fraction of sp³-hybridized carbons (Fsp3) is 0.545. The molecule has 0 aromatic rings. The van der Waals surface area contributed by atoms with Gasteiger partial charge in [0, 0.05) is 0 Å². The van der Waals surface area contributed by atoms with Crippen LogP contribution < -0.4 is 0 Å². The molecule has 22 heavy (non-hydrogen) atoms. The molecule has 0 fully saturated rings. The summed E-state index contributed by atoms with van der Waals surface area (Å²) in [5.74, 6) is 1.87. The van der Waals surface area contributed by atoms with E-state index in [-0.39, 0.29) is 0 Å². The van der Waals surface area contributed by atoms with E-state index in [2.05, 4.69) is 62.3 Å². The van der Waals surface area contributed by atoms with Crippen LogP contribution in [0.1, 0.15) is 62.3 Å². The van der Waals surface area contributed by atoms with Gasteiger partial charge in [0.25, 0.3) is 0 Å². The van der Waals surface area contributed by atoms with E-state index >= 15 is 0 Å². The van der Waals surface area contributed by atoms with Gasteiger partial charge in [-0.2, -0.15) is 0 Å². The average Bonchev–Trinajstić information content (AvgIpc) is 2.94. The fourth-order valence-electron chi connectivity index (χ4n) is 4.83. The van der Waals surface area contributed by atoms with Crippen LogP contribution in [0.4, 0.5) is 0 Å². The predicted molar refractivity (Wildman–Crippen MR) is 96.7 cm³/mol. The summed E-state index contributed by atoms with van der Waals surface area (Å²) in [6, 6.07) is 0. The molecule has 3 rings (SSSR count). The number of fused-ring (bicyclic) bond motifs is 1. The van der Waals surface area contributed by atoms with Crippen LogP contribution in [0.25, 0.3) is 0 Å². The first-order valence-electron chi connectivity index (χ1n) is 8.72. The van der Waals surface area contributed by atoms with Crippen molar-refractivity contribution < 1.29 is 0 Å². The van der Waals surface area contributed by atoms with E-state index in [1.165, 1.54) is 22.3 Å². The zero-order valence-corrected chi connectivity index (χ0v) is 15.7. The molecule has 3 aliphatic rings. The molecule has 3 aliphatic carbocycles. The van der Waals surface area contributed by atoms with Crippen molar-refractivity contribution in [3.8, 4) is 0 Å². The second kappa shape index (κ2) is 4.85. The number of allylic oxidation sites excluding steroid dienone is 10. The molecule has 0 bridgehead atoms. The summed E-state index contributed by atoms with van der Waals surface area (Å²) in [7, 11) is 0. The van der Waals surface area contributed by atoms with Crippen molar-refractivity contribution >= 4 is 0 Å². The number of rotatable bonds is 1. The molecule has 3 atom stereocenters. The largest absolute Gasteiger partial charge is 0.0629 e. The van der Waals surface area contributed by atoms with Crippen LogP contribution in [-0.4, -0.2) is 0 Å². The number of hydrogen-bond donors (Lipinski definition) is 0. The normalized spacial score (nSPS) is 32.3. The third-order valence-electron chi connectivity index (χ3n) is 7.03. The first-order chi connectivity index (χ1) is 10.2. The van der Waals surface area contributed by atoms with Crippen molar-refractivity contribution in [2.24, 2.45) is 17.8 Å². The third-order valence-corrected chi connectivity index (χ3v) is 7.03. The van der Waals surface area contributed by atoms with Crippen LogP contribution in [0.3, 0.4) is 0 Å². The molecule has 3 unspecified atom stereocenters. The van der Waals surface area contributed by atoms with Gasteiger partial charge in [0.15, 0.2) is 0 Å². The Bertz CT molecular complexity index is 728. The van der Waals surface area contributed by atoms with Crippen LogP contribution in [0.15, 0.2) is 55.7 Å². The van der Waals surface area contributed by atoms with Crippen LogP contribution in [0, 0.1) is 17.8 Å². The molecule has 118 valence electrons. The van der Waals surface area contributed by atoms with Gasteiger partial charge in [0.1, 0.15) is 0 Å². The quantitative estimate of drug-likeness (QED) is 0.515. The molecule has 0 heterocycles. The molecular formula is C22H30. The minimum atomic E-state index is 0.603. The second-order valence-corrected chi connectivity index (χ2v) is 7.74. The summed E-state index contributed by atoms with van der Waals surface area (Å²) in [5.41, 5.74) is 15.7. The smallest absolute Gasteiger partial charge is 0.00118 e. The summed E-state index contributed by atoms with van der Waals surface area (Å²) in [6.45, 7) is 21.1. The maximum Gasteiger partial charge on any atom is -0.00118 e. The Morgan fingerprint density at radius 1 is 0.500 bits per heavy atom. The Balaban J connectivity index is 2.33. The van der Waals surface area contributed by atoms with Gasteiger partial charge in [-0.05, 0) is 104 Å². The van der Waals surface area contributed by atoms with Crippen molar-refractivity contribution in [2.45, 2.75) is 62.3 Å². The lowest BCUT2D eigenvalue weighted by atomic mass is 9.84. The standard InChI is InChI=1S/C22H30/c1-10-11(2)14(5)19(13(10)4)22-18(9)17(8)20-15(6)12(3)16(7)21(20)22/h10,17-18H,1-9H3. The zero-order valence-electron chi connectivity index (χ0n) is 15.7. The molecule has 0 heteroatoms. The van der Waals surface area contributed by atoms with Gasteiger partial charge in [0.05, 0.1) is 0 Å². The van der Waals surface area contributed by atoms with Crippen LogP contribution in [-0.2, 0) is 0 Å². The SMILES string of the molecule is CC1=C(C)C2=C(C3=C(C)C(C)C(C)=C3C)C(C)C(C)C2=C1C. The van der Waals surface area contributed by atoms with Crippen LogP contribution >= 0.6 is 0 Å². The Kier molecular flexibility index (Phi) is 3.43. The molecular weight excluding hydrogens is 264 g/mol. The molecule has 0 spiro atoms. The Hall–Kier alpha value is -1.30. The Labute approximate surface area is 136 Å². The maximum absolute atomic E-state index is 2.43. The summed E-state index contributed by atoms with van der Waals surface area (Å²) in [5, 5.41) is 0. The van der Waals surface area contributed by atoms with E-state index in [0.717, 1.165) is 0 Å².